The van der Waals surface area contributed by atoms with Gasteiger partial charge >= 0.3 is 0 Å². The summed E-state index contributed by atoms with van der Waals surface area (Å²) in [6.07, 6.45) is 0.657. The molecule has 138 valence electrons. The van der Waals surface area contributed by atoms with E-state index in [0.29, 0.717) is 19.4 Å². The number of likely N-dealkylation sites (N-methyl/N-ethyl adjacent to an activating group) is 1. The number of nitrogens with zero attached hydrogens (tertiary/aromatic N) is 1. The van der Waals surface area contributed by atoms with Crippen LogP contribution in [0.3, 0.4) is 0 Å². The van der Waals surface area contributed by atoms with Gasteiger partial charge in [0.15, 0.2) is 0 Å². The third-order valence-electron chi connectivity index (χ3n) is 4.08. The SMILES string of the molecule is CCNC(=O)CNC(=O)C1CCN(S(=O)(=O)c2ccccc2F)CC1. The molecule has 2 N–H and O–H groups in total. The fourth-order valence-corrected chi connectivity index (χ4v) is 4.26. The molecule has 0 radical (unpaired) electrons. The van der Waals surface area contributed by atoms with E-state index in [1.807, 2.05) is 0 Å². The summed E-state index contributed by atoms with van der Waals surface area (Å²) in [5.74, 6) is -1.68. The summed E-state index contributed by atoms with van der Waals surface area (Å²) < 4.78 is 40.0. The van der Waals surface area contributed by atoms with Crippen molar-refractivity contribution in [3.05, 3.63) is 30.1 Å². The van der Waals surface area contributed by atoms with Crippen molar-refractivity contribution < 1.29 is 22.4 Å². The predicted molar refractivity (Wildman–Crippen MR) is 89.6 cm³/mol. The average molecular weight is 371 g/mol. The first-order chi connectivity index (χ1) is 11.9. The van der Waals surface area contributed by atoms with Crippen LogP contribution in [0.4, 0.5) is 4.39 Å². The van der Waals surface area contributed by atoms with Crippen LogP contribution in [0.2, 0.25) is 0 Å². The van der Waals surface area contributed by atoms with Crippen LogP contribution in [0.25, 0.3) is 0 Å². The highest BCUT2D eigenvalue weighted by Gasteiger charge is 2.33. The van der Waals surface area contributed by atoms with Gasteiger partial charge in [-0.05, 0) is 31.9 Å². The highest BCUT2D eigenvalue weighted by atomic mass is 32.2. The third kappa shape index (κ3) is 4.76. The predicted octanol–water partition coefficient (Wildman–Crippen LogP) is 0.479. The van der Waals surface area contributed by atoms with Gasteiger partial charge in [-0.15, -0.1) is 0 Å². The first-order valence-electron chi connectivity index (χ1n) is 8.15. The van der Waals surface area contributed by atoms with Gasteiger partial charge in [0.05, 0.1) is 6.54 Å². The lowest BCUT2D eigenvalue weighted by molar-refractivity contribution is -0.129. The van der Waals surface area contributed by atoms with Crippen molar-refractivity contribution >= 4 is 21.8 Å². The second-order valence-corrected chi connectivity index (χ2v) is 7.69. The topological polar surface area (TPSA) is 95.6 Å². The Bertz CT molecular complexity index is 731. The van der Waals surface area contributed by atoms with Crippen molar-refractivity contribution in [3.8, 4) is 0 Å². The average Bonchev–Trinajstić information content (AvgIpc) is 2.60. The summed E-state index contributed by atoms with van der Waals surface area (Å²) in [6.45, 7) is 2.44. The normalized spacial score (nSPS) is 16.4. The van der Waals surface area contributed by atoms with E-state index in [9.17, 15) is 22.4 Å². The summed E-state index contributed by atoms with van der Waals surface area (Å²) in [4.78, 5) is 23.1. The Morgan fingerprint density at radius 2 is 1.84 bits per heavy atom. The minimum absolute atomic E-state index is 0.0968. The maximum atomic E-state index is 13.8. The number of rotatable bonds is 6. The van der Waals surface area contributed by atoms with E-state index in [0.717, 1.165) is 6.07 Å². The Labute approximate surface area is 146 Å². The van der Waals surface area contributed by atoms with Gasteiger partial charge in [-0.1, -0.05) is 12.1 Å². The van der Waals surface area contributed by atoms with Gasteiger partial charge in [0.25, 0.3) is 0 Å². The monoisotopic (exact) mass is 371 g/mol. The molecule has 9 heteroatoms. The number of amides is 2. The molecule has 1 aromatic rings. The Balaban J connectivity index is 1.92. The minimum atomic E-state index is -3.91. The molecule has 0 spiro atoms. The van der Waals surface area contributed by atoms with Gasteiger partial charge in [0.1, 0.15) is 10.7 Å². The first kappa shape index (κ1) is 19.3. The Morgan fingerprint density at radius 3 is 2.44 bits per heavy atom. The second kappa shape index (κ2) is 8.39. The molecule has 0 saturated carbocycles. The summed E-state index contributed by atoms with van der Waals surface area (Å²) >= 11 is 0. The maximum Gasteiger partial charge on any atom is 0.245 e. The number of piperidine rings is 1. The number of carbonyl (C=O) groups is 2. The smallest absolute Gasteiger partial charge is 0.245 e. The molecule has 1 aliphatic rings. The van der Waals surface area contributed by atoms with E-state index in [1.54, 1.807) is 6.92 Å². The molecule has 25 heavy (non-hydrogen) atoms. The molecular formula is C16H22FN3O4S. The van der Waals surface area contributed by atoms with Crippen LogP contribution >= 0.6 is 0 Å². The van der Waals surface area contributed by atoms with Crippen LogP contribution in [-0.2, 0) is 19.6 Å². The molecular weight excluding hydrogens is 349 g/mol. The maximum absolute atomic E-state index is 13.8. The molecule has 1 heterocycles. The van der Waals surface area contributed by atoms with Crippen LogP contribution in [0, 0.1) is 11.7 Å². The number of halogens is 1. The van der Waals surface area contributed by atoms with Gasteiger partial charge in [-0.25, -0.2) is 12.8 Å². The zero-order chi connectivity index (χ0) is 18.4. The van der Waals surface area contributed by atoms with Gasteiger partial charge in [-0.2, -0.15) is 4.31 Å². The van der Waals surface area contributed by atoms with Crippen LogP contribution in [0.5, 0.6) is 0 Å². The Morgan fingerprint density at radius 1 is 1.20 bits per heavy atom. The number of nitrogens with one attached hydrogen (secondary N) is 2. The fourth-order valence-electron chi connectivity index (χ4n) is 2.72. The van der Waals surface area contributed by atoms with Crippen molar-refractivity contribution in [2.24, 2.45) is 5.92 Å². The molecule has 0 atom stereocenters. The Hall–Kier alpha value is -2.00. The number of benzene rings is 1. The van der Waals surface area contributed by atoms with Crippen LogP contribution in [0.15, 0.2) is 29.2 Å². The summed E-state index contributed by atoms with van der Waals surface area (Å²) in [5.41, 5.74) is 0. The molecule has 0 bridgehead atoms. The molecule has 1 fully saturated rings. The van der Waals surface area contributed by atoms with Crippen molar-refractivity contribution in [3.63, 3.8) is 0 Å². The highest BCUT2D eigenvalue weighted by molar-refractivity contribution is 7.89. The van der Waals surface area contributed by atoms with E-state index in [2.05, 4.69) is 10.6 Å². The molecule has 1 saturated heterocycles. The molecule has 0 aromatic heterocycles. The standard InChI is InChI=1S/C16H22FN3O4S/c1-2-18-15(21)11-19-16(22)12-7-9-20(10-8-12)25(23,24)14-6-4-3-5-13(14)17/h3-6,12H,2,7-11H2,1H3,(H,18,21)(H,19,22). The van der Waals surface area contributed by atoms with E-state index < -0.39 is 15.8 Å². The quantitative estimate of drug-likeness (QED) is 0.760. The van der Waals surface area contributed by atoms with Gasteiger partial charge in [-0.3, -0.25) is 9.59 Å². The molecule has 2 rings (SSSR count). The Kier molecular flexibility index (Phi) is 6.49. The van der Waals surface area contributed by atoms with Gasteiger partial charge < -0.3 is 10.6 Å². The molecule has 1 aromatic carbocycles. The number of carbonyl (C=O) groups excluding carboxylic acids is 2. The summed E-state index contributed by atoms with van der Waals surface area (Å²) in [5, 5.41) is 5.13. The number of hydrogen-bond acceptors (Lipinski definition) is 4. The van der Waals surface area contributed by atoms with Crippen molar-refractivity contribution in [2.45, 2.75) is 24.7 Å². The fraction of sp³-hybridized carbons (Fsp3) is 0.500. The minimum Gasteiger partial charge on any atom is -0.355 e. The largest absolute Gasteiger partial charge is 0.355 e. The van der Waals surface area contributed by atoms with Crippen LogP contribution in [-0.4, -0.2) is 50.7 Å². The first-order valence-corrected chi connectivity index (χ1v) is 9.59. The van der Waals surface area contributed by atoms with Crippen LogP contribution < -0.4 is 10.6 Å². The van der Waals surface area contributed by atoms with Crippen LogP contribution in [0.1, 0.15) is 19.8 Å². The van der Waals surface area contributed by atoms with Crippen molar-refractivity contribution in [1.82, 2.24) is 14.9 Å². The van der Waals surface area contributed by atoms with E-state index in [-0.39, 0.29) is 42.3 Å². The number of hydrogen-bond donors (Lipinski definition) is 2. The lowest BCUT2D eigenvalue weighted by Gasteiger charge is -2.30. The molecule has 1 aliphatic heterocycles. The molecule has 7 nitrogen and oxygen atoms in total. The molecule has 2 amide bonds. The second-order valence-electron chi connectivity index (χ2n) is 5.78. The van der Waals surface area contributed by atoms with E-state index >= 15 is 0 Å². The highest BCUT2D eigenvalue weighted by Crippen LogP contribution is 2.25. The zero-order valence-corrected chi connectivity index (χ0v) is 14.8. The summed E-state index contributed by atoms with van der Waals surface area (Å²) in [6, 6.07) is 5.24. The van der Waals surface area contributed by atoms with Crippen molar-refractivity contribution in [2.75, 3.05) is 26.2 Å². The van der Waals surface area contributed by atoms with E-state index in [1.165, 1.54) is 22.5 Å². The van der Waals surface area contributed by atoms with Gasteiger partial charge in [0, 0.05) is 25.6 Å². The van der Waals surface area contributed by atoms with Gasteiger partial charge in [0.2, 0.25) is 21.8 Å². The lowest BCUT2D eigenvalue weighted by atomic mass is 9.97. The third-order valence-corrected chi connectivity index (χ3v) is 6.01. The van der Waals surface area contributed by atoms with E-state index in [4.69, 9.17) is 0 Å². The molecule has 0 unspecified atom stereocenters. The number of sulfonamides is 1. The molecule has 0 aliphatic carbocycles. The zero-order valence-electron chi connectivity index (χ0n) is 14.0. The summed E-state index contributed by atoms with van der Waals surface area (Å²) in [7, 11) is -3.91. The van der Waals surface area contributed by atoms with Crippen molar-refractivity contribution in [1.29, 1.82) is 0 Å². The lowest BCUT2D eigenvalue weighted by Crippen LogP contribution is -2.45.